The maximum atomic E-state index is 6.15. The standard InChI is InChI=1S/C29H29ClN4O2/c1-21(30)19-27-28(31-20-22-7-11-25(12-8-22)34-15-17-35-18-16-34)33-29(32-27)36-26-13-9-24(10-14-26)23-5-3-2-4-6-23/h3,5-14,19-20H,2,4,15-18H2,1H3,(H,32,33)/b21-19+,31-20+. The SMILES string of the molecule is C/C(Cl)=C\c1[nH]c(Oc2ccc(C3=CCCC=C3)cc2)nc1/N=C/c1ccc(N2CCOCC2)cc1. The number of nitrogens with one attached hydrogen (secondary N) is 1. The molecule has 2 aromatic carbocycles. The fourth-order valence-electron chi connectivity index (χ4n) is 4.18. The molecule has 2 heterocycles. The van der Waals surface area contributed by atoms with Gasteiger partial charge in [0.25, 0.3) is 0 Å². The fraction of sp³-hybridized carbons (Fsp3) is 0.241. The molecule has 1 saturated heterocycles. The molecular formula is C29H29ClN4O2. The average Bonchev–Trinajstić information content (AvgIpc) is 3.29. The summed E-state index contributed by atoms with van der Waals surface area (Å²) in [7, 11) is 0. The summed E-state index contributed by atoms with van der Waals surface area (Å²) in [5, 5.41) is 0.620. The molecule has 36 heavy (non-hydrogen) atoms. The number of aliphatic imine (C=N–C) groups is 1. The molecule has 0 radical (unpaired) electrons. The normalized spacial score (nSPS) is 16.4. The molecule has 5 rings (SSSR count). The van der Waals surface area contributed by atoms with Crippen LogP contribution < -0.4 is 9.64 Å². The van der Waals surface area contributed by atoms with E-state index >= 15 is 0 Å². The number of ether oxygens (including phenoxy) is 2. The number of H-pyrrole nitrogens is 1. The zero-order chi connectivity index (χ0) is 24.7. The number of allylic oxidation sites excluding steroid dienone is 5. The third-order valence-corrected chi connectivity index (χ3v) is 6.14. The number of hydrogen-bond donors (Lipinski definition) is 1. The Morgan fingerprint density at radius 2 is 1.86 bits per heavy atom. The Balaban J connectivity index is 1.30. The van der Waals surface area contributed by atoms with Crippen molar-refractivity contribution in [3.05, 3.63) is 88.6 Å². The van der Waals surface area contributed by atoms with Crippen LogP contribution in [0.1, 0.15) is 36.6 Å². The molecule has 0 unspecified atom stereocenters. The van der Waals surface area contributed by atoms with Gasteiger partial charge >= 0.3 is 6.01 Å². The Morgan fingerprint density at radius 1 is 1.08 bits per heavy atom. The van der Waals surface area contributed by atoms with Crippen molar-refractivity contribution in [3.8, 4) is 11.8 Å². The number of imidazole rings is 1. The van der Waals surface area contributed by atoms with Crippen molar-refractivity contribution < 1.29 is 9.47 Å². The summed E-state index contributed by atoms with van der Waals surface area (Å²) in [5.74, 6) is 1.21. The number of nitrogens with zero attached hydrogens (tertiary/aromatic N) is 3. The Kier molecular flexibility index (Phi) is 7.64. The van der Waals surface area contributed by atoms with Gasteiger partial charge in [-0.1, -0.05) is 54.1 Å². The highest BCUT2D eigenvalue weighted by Gasteiger charge is 2.12. The van der Waals surface area contributed by atoms with Gasteiger partial charge < -0.3 is 19.4 Å². The number of halogens is 1. The number of aromatic nitrogens is 2. The molecule has 1 fully saturated rings. The minimum Gasteiger partial charge on any atom is -0.426 e. The Labute approximate surface area is 216 Å². The van der Waals surface area contributed by atoms with Gasteiger partial charge in [0.1, 0.15) is 5.75 Å². The lowest BCUT2D eigenvalue weighted by atomic mass is 10.00. The molecule has 1 aliphatic heterocycles. The Morgan fingerprint density at radius 3 is 2.56 bits per heavy atom. The van der Waals surface area contributed by atoms with E-state index in [2.05, 4.69) is 74.5 Å². The van der Waals surface area contributed by atoms with Crippen LogP contribution >= 0.6 is 11.6 Å². The van der Waals surface area contributed by atoms with E-state index in [-0.39, 0.29) is 0 Å². The van der Waals surface area contributed by atoms with Crippen LogP contribution in [0.4, 0.5) is 11.5 Å². The van der Waals surface area contributed by atoms with E-state index in [0.29, 0.717) is 28.3 Å². The monoisotopic (exact) mass is 500 g/mol. The Bertz CT molecular complexity index is 1290. The summed E-state index contributed by atoms with van der Waals surface area (Å²) in [5.41, 5.74) is 5.27. The second-order valence-electron chi connectivity index (χ2n) is 8.73. The van der Waals surface area contributed by atoms with Crippen LogP contribution in [0, 0.1) is 0 Å². The van der Waals surface area contributed by atoms with E-state index in [0.717, 1.165) is 44.7 Å². The van der Waals surface area contributed by atoms with Gasteiger partial charge in [-0.05, 0) is 66.8 Å². The molecule has 0 amide bonds. The van der Waals surface area contributed by atoms with Crippen molar-refractivity contribution >= 4 is 41.0 Å². The van der Waals surface area contributed by atoms with Gasteiger partial charge in [-0.15, -0.1) is 0 Å². The molecule has 6 nitrogen and oxygen atoms in total. The van der Waals surface area contributed by atoms with Crippen molar-refractivity contribution in [1.29, 1.82) is 0 Å². The maximum absolute atomic E-state index is 6.15. The van der Waals surface area contributed by atoms with Crippen LogP contribution in [0.5, 0.6) is 11.8 Å². The average molecular weight is 501 g/mol. The summed E-state index contributed by atoms with van der Waals surface area (Å²) < 4.78 is 11.4. The molecule has 1 aliphatic carbocycles. The molecule has 1 aromatic heterocycles. The van der Waals surface area contributed by atoms with Crippen LogP contribution in [-0.4, -0.2) is 42.5 Å². The molecule has 3 aromatic rings. The number of morpholine rings is 1. The highest BCUT2D eigenvalue weighted by atomic mass is 35.5. The first-order chi connectivity index (χ1) is 17.6. The maximum Gasteiger partial charge on any atom is 0.301 e. The lowest BCUT2D eigenvalue weighted by molar-refractivity contribution is 0.122. The van der Waals surface area contributed by atoms with Gasteiger partial charge in [-0.25, -0.2) is 4.99 Å². The molecule has 0 bridgehead atoms. The smallest absolute Gasteiger partial charge is 0.301 e. The summed E-state index contributed by atoms with van der Waals surface area (Å²) in [6, 6.07) is 16.7. The summed E-state index contributed by atoms with van der Waals surface area (Å²) in [6.45, 7) is 5.17. The van der Waals surface area contributed by atoms with Gasteiger partial charge in [0.05, 0.1) is 18.9 Å². The minimum absolute atomic E-state index is 0.360. The first kappa shape index (κ1) is 24.1. The zero-order valence-electron chi connectivity index (χ0n) is 20.3. The van der Waals surface area contributed by atoms with Gasteiger partial charge in [0, 0.05) is 30.0 Å². The van der Waals surface area contributed by atoms with Crippen LogP contribution in [0.3, 0.4) is 0 Å². The van der Waals surface area contributed by atoms with Crippen molar-refractivity contribution in [3.63, 3.8) is 0 Å². The topological polar surface area (TPSA) is 62.7 Å². The third-order valence-electron chi connectivity index (χ3n) is 6.04. The van der Waals surface area contributed by atoms with E-state index in [4.69, 9.17) is 21.1 Å². The fourth-order valence-corrected chi connectivity index (χ4v) is 4.29. The second kappa shape index (κ2) is 11.4. The predicted octanol–water partition coefficient (Wildman–Crippen LogP) is 7.12. The van der Waals surface area contributed by atoms with E-state index in [9.17, 15) is 0 Å². The van der Waals surface area contributed by atoms with Crippen molar-refractivity contribution in [2.24, 2.45) is 4.99 Å². The van der Waals surface area contributed by atoms with E-state index in [1.54, 1.807) is 12.3 Å². The van der Waals surface area contributed by atoms with Crippen molar-refractivity contribution in [1.82, 2.24) is 9.97 Å². The van der Waals surface area contributed by atoms with Gasteiger partial charge in [0.15, 0.2) is 5.82 Å². The lowest BCUT2D eigenvalue weighted by Gasteiger charge is -2.28. The summed E-state index contributed by atoms with van der Waals surface area (Å²) in [6.07, 6.45) is 12.4. The van der Waals surface area contributed by atoms with Crippen LogP contribution in [-0.2, 0) is 4.74 Å². The number of benzene rings is 2. The van der Waals surface area contributed by atoms with Crippen molar-refractivity contribution in [2.45, 2.75) is 19.8 Å². The van der Waals surface area contributed by atoms with Gasteiger partial charge in [0.2, 0.25) is 0 Å². The largest absolute Gasteiger partial charge is 0.426 e. The third kappa shape index (κ3) is 6.14. The summed E-state index contributed by atoms with van der Waals surface area (Å²) >= 11 is 6.15. The molecule has 0 atom stereocenters. The molecule has 0 saturated carbocycles. The number of anilines is 1. The first-order valence-electron chi connectivity index (χ1n) is 12.2. The highest BCUT2D eigenvalue weighted by molar-refractivity contribution is 6.31. The van der Waals surface area contributed by atoms with Crippen molar-refractivity contribution in [2.75, 3.05) is 31.2 Å². The molecule has 0 spiro atoms. The number of aromatic amines is 1. The first-order valence-corrected chi connectivity index (χ1v) is 12.6. The zero-order valence-corrected chi connectivity index (χ0v) is 21.0. The van der Waals surface area contributed by atoms with Gasteiger partial charge in [-0.2, -0.15) is 4.98 Å². The lowest BCUT2D eigenvalue weighted by Crippen LogP contribution is -2.36. The van der Waals surface area contributed by atoms with E-state index in [1.807, 2.05) is 19.1 Å². The highest BCUT2D eigenvalue weighted by Crippen LogP contribution is 2.29. The second-order valence-corrected chi connectivity index (χ2v) is 9.32. The molecule has 1 N–H and O–H groups in total. The van der Waals surface area contributed by atoms with Crippen LogP contribution in [0.2, 0.25) is 0 Å². The van der Waals surface area contributed by atoms with Gasteiger partial charge in [-0.3, -0.25) is 0 Å². The van der Waals surface area contributed by atoms with Crippen LogP contribution in [0.25, 0.3) is 11.6 Å². The van der Waals surface area contributed by atoms with Crippen LogP contribution in [0.15, 0.2) is 76.8 Å². The minimum atomic E-state index is 0.360. The Hall–Kier alpha value is -3.61. The quantitative estimate of drug-likeness (QED) is 0.351. The molecule has 2 aliphatic rings. The van der Waals surface area contributed by atoms with E-state index < -0.39 is 0 Å². The summed E-state index contributed by atoms with van der Waals surface area (Å²) in [4.78, 5) is 14.7. The van der Waals surface area contributed by atoms with E-state index in [1.165, 1.54) is 16.8 Å². The number of hydrogen-bond acceptors (Lipinski definition) is 5. The number of rotatable bonds is 7. The molecule has 184 valence electrons. The predicted molar refractivity (Wildman–Crippen MR) is 148 cm³/mol. The molecular weight excluding hydrogens is 472 g/mol. The molecule has 7 heteroatoms.